The van der Waals surface area contributed by atoms with Gasteiger partial charge in [0.1, 0.15) is 6.20 Å². The van der Waals surface area contributed by atoms with Gasteiger partial charge in [0.05, 0.1) is 12.7 Å². The fourth-order valence-electron chi connectivity index (χ4n) is 1.53. The summed E-state index contributed by atoms with van der Waals surface area (Å²) in [4.78, 5) is 10.4. The highest BCUT2D eigenvalue weighted by Gasteiger charge is 2.08. The van der Waals surface area contributed by atoms with Crippen LogP contribution in [-0.2, 0) is 4.79 Å². The number of nitrogens with one attached hydrogen (secondary N) is 1. The lowest BCUT2D eigenvalue weighted by molar-refractivity contribution is -0.788. The van der Waals surface area contributed by atoms with Crippen LogP contribution in [-0.4, -0.2) is 12.5 Å². The molecule has 1 rings (SSSR count). The molecule has 1 N–H and O–H groups in total. The van der Waals surface area contributed by atoms with Crippen molar-refractivity contribution in [3.63, 3.8) is 0 Å². The van der Waals surface area contributed by atoms with Gasteiger partial charge in [0.25, 0.3) is 0 Å². The van der Waals surface area contributed by atoms with Crippen LogP contribution in [0.1, 0.15) is 46.5 Å². The third-order valence-electron chi connectivity index (χ3n) is 2.24. The van der Waals surface area contributed by atoms with Crippen molar-refractivity contribution in [3.05, 3.63) is 24.0 Å². The van der Waals surface area contributed by atoms with E-state index in [9.17, 15) is 0 Å². The van der Waals surface area contributed by atoms with Crippen molar-refractivity contribution >= 4 is 5.97 Å². The predicted molar refractivity (Wildman–Crippen MR) is 63.5 cm³/mol. The summed E-state index contributed by atoms with van der Waals surface area (Å²) in [6.07, 6.45) is 12.0. The molecule has 0 radical (unpaired) electrons. The molecule has 1 atom stereocenters. The van der Waals surface area contributed by atoms with E-state index in [0.717, 1.165) is 6.92 Å². The van der Waals surface area contributed by atoms with Crippen LogP contribution in [0.2, 0.25) is 0 Å². The molecule has 1 heterocycles. The molecular formula is C13H23NO2. The summed E-state index contributed by atoms with van der Waals surface area (Å²) in [6.45, 7) is 6.72. The monoisotopic (exact) mass is 225 g/mol. The maximum Gasteiger partial charge on any atom is 0.102 e. The Morgan fingerprint density at radius 1 is 1.38 bits per heavy atom. The summed E-state index contributed by atoms with van der Waals surface area (Å²) in [7, 11) is 0. The van der Waals surface area contributed by atoms with Gasteiger partial charge in [-0.05, 0) is 19.8 Å². The minimum Gasteiger partial charge on any atom is -0.550 e. The molecule has 92 valence electrons. The van der Waals surface area contributed by atoms with Crippen LogP contribution in [0.25, 0.3) is 0 Å². The number of carboxylic acids is 1. The van der Waals surface area contributed by atoms with Crippen molar-refractivity contribution in [3.8, 4) is 0 Å². The molecule has 0 amide bonds. The van der Waals surface area contributed by atoms with Crippen molar-refractivity contribution in [2.75, 3.05) is 6.54 Å². The van der Waals surface area contributed by atoms with Crippen LogP contribution < -0.4 is 10.0 Å². The van der Waals surface area contributed by atoms with E-state index >= 15 is 0 Å². The van der Waals surface area contributed by atoms with E-state index in [-0.39, 0.29) is 0 Å². The summed E-state index contributed by atoms with van der Waals surface area (Å²) in [5, 5.41) is 8.89. The molecule has 0 aromatic rings. The minimum absolute atomic E-state index is 0.972. The van der Waals surface area contributed by atoms with E-state index in [1.54, 1.807) is 0 Å². The van der Waals surface area contributed by atoms with Crippen molar-refractivity contribution in [1.29, 1.82) is 0 Å². The molecule has 0 saturated carbocycles. The van der Waals surface area contributed by atoms with Crippen LogP contribution in [0, 0.1) is 0 Å². The first-order chi connectivity index (χ1) is 7.60. The van der Waals surface area contributed by atoms with Crippen LogP contribution in [0.4, 0.5) is 0 Å². The van der Waals surface area contributed by atoms with Gasteiger partial charge in [0.2, 0.25) is 0 Å². The highest BCUT2D eigenvalue weighted by atomic mass is 16.4. The van der Waals surface area contributed by atoms with Gasteiger partial charge in [0.15, 0.2) is 0 Å². The van der Waals surface area contributed by atoms with E-state index in [0.29, 0.717) is 0 Å². The lowest BCUT2D eigenvalue weighted by Crippen LogP contribution is -3.01. The maximum absolute atomic E-state index is 8.89. The number of hydrogen-bond donors (Lipinski definition) is 1. The fraction of sp³-hybridized carbons (Fsp3) is 0.615. The SMILES string of the molecule is CC(=O)[O-].CCCC[NH+]1C=CC(CCC)=C1. The van der Waals surface area contributed by atoms with Gasteiger partial charge in [-0.1, -0.05) is 26.7 Å². The van der Waals surface area contributed by atoms with Gasteiger partial charge in [-0.3, -0.25) is 4.90 Å². The fourth-order valence-corrected chi connectivity index (χ4v) is 1.53. The topological polar surface area (TPSA) is 44.6 Å². The molecule has 0 spiro atoms. The molecule has 0 aromatic heterocycles. The van der Waals surface area contributed by atoms with Crippen molar-refractivity contribution < 1.29 is 14.8 Å². The first kappa shape index (κ1) is 14.9. The highest BCUT2D eigenvalue weighted by molar-refractivity contribution is 5.60. The molecule has 0 bridgehead atoms. The lowest BCUT2D eigenvalue weighted by Gasteiger charge is -2.04. The van der Waals surface area contributed by atoms with Gasteiger partial charge in [0, 0.05) is 17.6 Å². The highest BCUT2D eigenvalue weighted by Crippen LogP contribution is 2.05. The molecule has 1 aliphatic rings. The second kappa shape index (κ2) is 9.16. The molecule has 0 aromatic carbocycles. The quantitative estimate of drug-likeness (QED) is 0.746. The molecule has 16 heavy (non-hydrogen) atoms. The third-order valence-corrected chi connectivity index (χ3v) is 2.24. The Hall–Kier alpha value is -1.09. The number of rotatable bonds is 5. The van der Waals surface area contributed by atoms with E-state index in [4.69, 9.17) is 9.90 Å². The van der Waals surface area contributed by atoms with E-state index in [1.165, 1.54) is 42.7 Å². The lowest BCUT2D eigenvalue weighted by atomic mass is 10.2. The minimum atomic E-state index is -1.08. The summed E-state index contributed by atoms with van der Waals surface area (Å²) >= 11 is 0. The third kappa shape index (κ3) is 8.24. The molecule has 3 heteroatoms. The zero-order valence-electron chi connectivity index (χ0n) is 10.6. The average molecular weight is 225 g/mol. The van der Waals surface area contributed by atoms with Gasteiger partial charge in [-0.2, -0.15) is 0 Å². The second-order valence-corrected chi connectivity index (χ2v) is 3.97. The molecular weight excluding hydrogens is 202 g/mol. The Labute approximate surface area is 98.5 Å². The van der Waals surface area contributed by atoms with Gasteiger partial charge < -0.3 is 9.90 Å². The number of aliphatic carboxylic acids is 1. The maximum atomic E-state index is 8.89. The summed E-state index contributed by atoms with van der Waals surface area (Å²) < 4.78 is 0. The summed E-state index contributed by atoms with van der Waals surface area (Å²) in [6, 6.07) is 0. The number of carboxylic acid groups (broad SMARTS) is 1. The average Bonchev–Trinajstić information content (AvgIpc) is 2.62. The van der Waals surface area contributed by atoms with E-state index in [1.807, 2.05) is 0 Å². The van der Waals surface area contributed by atoms with Crippen LogP contribution >= 0.6 is 0 Å². The Morgan fingerprint density at radius 3 is 2.50 bits per heavy atom. The van der Waals surface area contributed by atoms with E-state index in [2.05, 4.69) is 32.3 Å². The van der Waals surface area contributed by atoms with Crippen LogP contribution in [0.3, 0.4) is 0 Å². The standard InChI is InChI=1S/C11H19N.C2H4O2/c1-3-5-8-12-9-7-11(10-12)6-4-2;1-2(3)4/h7,9-10H,3-6,8H2,1-2H3;1H3,(H,3,4). The smallest absolute Gasteiger partial charge is 0.102 e. The number of hydrogen-bond acceptors (Lipinski definition) is 2. The number of carbonyl (C=O) groups excluding carboxylic acids is 1. The normalized spacial score (nSPS) is 17.7. The summed E-state index contributed by atoms with van der Waals surface area (Å²) in [5.41, 5.74) is 1.52. The van der Waals surface area contributed by atoms with Crippen LogP contribution in [0.5, 0.6) is 0 Å². The van der Waals surface area contributed by atoms with Crippen LogP contribution in [0.15, 0.2) is 24.0 Å². The molecule has 0 saturated heterocycles. The summed E-state index contributed by atoms with van der Waals surface area (Å²) in [5.74, 6) is -1.08. The first-order valence-corrected chi connectivity index (χ1v) is 6.02. The van der Waals surface area contributed by atoms with Crippen molar-refractivity contribution in [1.82, 2.24) is 0 Å². The predicted octanol–water partition coefficient (Wildman–Crippen LogP) is 0.639. The van der Waals surface area contributed by atoms with Gasteiger partial charge in [-0.25, -0.2) is 0 Å². The van der Waals surface area contributed by atoms with Gasteiger partial charge in [-0.15, -0.1) is 0 Å². The zero-order valence-corrected chi connectivity index (χ0v) is 10.6. The van der Waals surface area contributed by atoms with Crippen molar-refractivity contribution in [2.45, 2.75) is 46.5 Å². The molecule has 0 aliphatic carbocycles. The number of allylic oxidation sites excluding steroid dienone is 2. The number of carbonyl (C=O) groups is 1. The Morgan fingerprint density at radius 2 is 2.00 bits per heavy atom. The number of unbranched alkanes of at least 4 members (excludes halogenated alkanes) is 1. The molecule has 1 aliphatic heterocycles. The molecule has 0 fully saturated rings. The Balaban J connectivity index is 0.000000487. The van der Waals surface area contributed by atoms with Gasteiger partial charge >= 0.3 is 0 Å². The first-order valence-electron chi connectivity index (χ1n) is 6.02. The zero-order chi connectivity index (χ0) is 12.4. The number of quaternary nitrogens is 1. The molecule has 3 nitrogen and oxygen atoms in total. The van der Waals surface area contributed by atoms with E-state index < -0.39 is 5.97 Å². The second-order valence-electron chi connectivity index (χ2n) is 3.97. The van der Waals surface area contributed by atoms with Crippen molar-refractivity contribution in [2.24, 2.45) is 0 Å². The largest absolute Gasteiger partial charge is 0.550 e. The Bertz CT molecular complexity index is 253. The molecule has 1 unspecified atom stereocenters. The Kier molecular flexibility index (Phi) is 8.53.